The lowest BCUT2D eigenvalue weighted by molar-refractivity contribution is -0.138. The number of hydrogen-bond acceptors (Lipinski definition) is 3. The van der Waals surface area contributed by atoms with E-state index in [2.05, 4.69) is 33.0 Å². The van der Waals surface area contributed by atoms with Crippen LogP contribution in [0, 0.1) is 11.8 Å². The molecule has 2 N–H and O–H groups in total. The fourth-order valence-electron chi connectivity index (χ4n) is 2.71. The molecular weight excluding hydrogens is 288 g/mol. The van der Waals surface area contributed by atoms with E-state index in [0.717, 1.165) is 18.7 Å². The Kier molecular flexibility index (Phi) is 7.35. The minimum atomic E-state index is -0.800. The summed E-state index contributed by atoms with van der Waals surface area (Å²) in [6.07, 6.45) is 0.925. The fraction of sp³-hybridized carbons (Fsp3) is 0.867. The van der Waals surface area contributed by atoms with Crippen molar-refractivity contribution in [1.82, 2.24) is 10.2 Å². The van der Waals surface area contributed by atoms with Crippen LogP contribution in [0.15, 0.2) is 0 Å². The van der Waals surface area contributed by atoms with Gasteiger partial charge in [-0.1, -0.05) is 20.8 Å². The molecule has 2 amide bonds. The summed E-state index contributed by atoms with van der Waals surface area (Å²) < 4.78 is 0. The van der Waals surface area contributed by atoms with Crippen LogP contribution < -0.4 is 5.32 Å². The summed E-state index contributed by atoms with van der Waals surface area (Å²) in [5, 5.41) is 12.3. The zero-order valence-electron chi connectivity index (χ0n) is 13.5. The monoisotopic (exact) mass is 316 g/mol. The predicted octanol–water partition coefficient (Wildman–Crippen LogP) is 2.66. The van der Waals surface area contributed by atoms with Crippen LogP contribution in [-0.4, -0.2) is 52.1 Å². The van der Waals surface area contributed by atoms with E-state index in [1.54, 1.807) is 0 Å². The molecule has 0 spiro atoms. The third-order valence-electron chi connectivity index (χ3n) is 3.95. The van der Waals surface area contributed by atoms with Crippen LogP contribution in [0.25, 0.3) is 0 Å². The number of nitrogens with zero attached hydrogens (tertiary/aromatic N) is 1. The van der Waals surface area contributed by atoms with Crippen molar-refractivity contribution in [2.45, 2.75) is 51.8 Å². The molecule has 0 bridgehead atoms. The average Bonchev–Trinajstić information content (AvgIpc) is 2.37. The first-order chi connectivity index (χ1) is 9.81. The first-order valence-corrected chi connectivity index (χ1v) is 8.74. The Hall–Kier alpha value is -0.910. The Balaban J connectivity index is 2.50. The lowest BCUT2D eigenvalue weighted by atomic mass is 9.94. The molecule has 1 saturated heterocycles. The minimum Gasteiger partial charge on any atom is -0.481 e. The molecule has 21 heavy (non-hydrogen) atoms. The summed E-state index contributed by atoms with van der Waals surface area (Å²) in [5.74, 6) is 0.588. The van der Waals surface area contributed by atoms with Crippen LogP contribution in [0.5, 0.6) is 0 Å². The number of urea groups is 1. The van der Waals surface area contributed by atoms with E-state index in [4.69, 9.17) is 5.11 Å². The molecule has 1 fully saturated rings. The SMILES string of the molecule is CC(C)C[C@H](CNC(=O)N1CCSC(C)C1C)CC(=O)O. The van der Waals surface area contributed by atoms with Crippen molar-refractivity contribution in [3.63, 3.8) is 0 Å². The molecule has 1 rings (SSSR count). The Bertz CT molecular complexity index is 363. The van der Waals surface area contributed by atoms with E-state index in [1.165, 1.54) is 0 Å². The first kappa shape index (κ1) is 18.1. The molecule has 0 aliphatic carbocycles. The number of carbonyl (C=O) groups is 2. The topological polar surface area (TPSA) is 69.6 Å². The van der Waals surface area contributed by atoms with Gasteiger partial charge in [-0.25, -0.2) is 4.79 Å². The lowest BCUT2D eigenvalue weighted by Gasteiger charge is -2.37. The predicted molar refractivity (Wildman–Crippen MR) is 86.7 cm³/mol. The van der Waals surface area contributed by atoms with Gasteiger partial charge in [0.15, 0.2) is 0 Å². The quantitative estimate of drug-likeness (QED) is 0.790. The Morgan fingerprint density at radius 2 is 2.05 bits per heavy atom. The summed E-state index contributed by atoms with van der Waals surface area (Å²) >= 11 is 1.89. The number of rotatable bonds is 6. The Morgan fingerprint density at radius 1 is 1.38 bits per heavy atom. The van der Waals surface area contributed by atoms with Gasteiger partial charge in [-0.15, -0.1) is 0 Å². The Morgan fingerprint density at radius 3 is 2.62 bits per heavy atom. The van der Waals surface area contributed by atoms with Gasteiger partial charge in [0.05, 0.1) is 0 Å². The molecular formula is C15H28N2O3S. The van der Waals surface area contributed by atoms with Crippen LogP contribution >= 0.6 is 11.8 Å². The molecule has 0 aromatic rings. The van der Waals surface area contributed by atoms with E-state index in [9.17, 15) is 9.59 Å². The zero-order chi connectivity index (χ0) is 16.0. The number of hydrogen-bond donors (Lipinski definition) is 2. The first-order valence-electron chi connectivity index (χ1n) is 7.69. The summed E-state index contributed by atoms with van der Waals surface area (Å²) in [4.78, 5) is 25.1. The van der Waals surface area contributed by atoms with E-state index in [1.807, 2.05) is 16.7 Å². The second-order valence-corrected chi connectivity index (χ2v) is 7.77. The maximum absolute atomic E-state index is 12.3. The number of carboxylic acids is 1. The molecule has 6 heteroatoms. The van der Waals surface area contributed by atoms with Crippen LogP contribution in [0.4, 0.5) is 4.79 Å². The van der Waals surface area contributed by atoms with E-state index in [0.29, 0.717) is 17.7 Å². The van der Waals surface area contributed by atoms with Crippen molar-refractivity contribution >= 4 is 23.8 Å². The molecule has 0 saturated carbocycles. The van der Waals surface area contributed by atoms with E-state index in [-0.39, 0.29) is 24.4 Å². The van der Waals surface area contributed by atoms with Gasteiger partial charge in [0.25, 0.3) is 0 Å². The van der Waals surface area contributed by atoms with Gasteiger partial charge >= 0.3 is 12.0 Å². The van der Waals surface area contributed by atoms with E-state index >= 15 is 0 Å². The molecule has 5 nitrogen and oxygen atoms in total. The van der Waals surface area contributed by atoms with Crippen LogP contribution in [-0.2, 0) is 4.79 Å². The van der Waals surface area contributed by atoms with Gasteiger partial charge in [-0.2, -0.15) is 11.8 Å². The molecule has 0 aromatic heterocycles. The number of nitrogens with one attached hydrogen (secondary N) is 1. The summed E-state index contributed by atoms with van der Waals surface area (Å²) in [5.41, 5.74) is 0. The lowest BCUT2D eigenvalue weighted by Crippen LogP contribution is -2.52. The summed E-state index contributed by atoms with van der Waals surface area (Å²) in [6, 6.07) is 0.153. The van der Waals surface area contributed by atoms with Gasteiger partial charge in [0, 0.05) is 36.6 Å². The third-order valence-corrected chi connectivity index (χ3v) is 5.29. The van der Waals surface area contributed by atoms with Gasteiger partial charge in [0.1, 0.15) is 0 Å². The molecule has 2 unspecified atom stereocenters. The summed E-state index contributed by atoms with van der Waals surface area (Å²) in [7, 11) is 0. The summed E-state index contributed by atoms with van der Waals surface area (Å²) in [6.45, 7) is 9.55. The van der Waals surface area contributed by atoms with Gasteiger partial charge in [-0.3, -0.25) is 4.79 Å². The third kappa shape index (κ3) is 6.16. The van der Waals surface area contributed by atoms with Crippen LogP contribution in [0.1, 0.15) is 40.5 Å². The van der Waals surface area contributed by atoms with Gasteiger partial charge in [-0.05, 0) is 25.2 Å². The largest absolute Gasteiger partial charge is 0.481 e. The van der Waals surface area contributed by atoms with Crippen molar-refractivity contribution < 1.29 is 14.7 Å². The molecule has 1 aliphatic rings. The van der Waals surface area contributed by atoms with Crippen molar-refractivity contribution in [3.05, 3.63) is 0 Å². The van der Waals surface area contributed by atoms with E-state index < -0.39 is 5.97 Å². The fourth-order valence-corrected chi connectivity index (χ4v) is 3.80. The Labute approximate surface area is 131 Å². The highest BCUT2D eigenvalue weighted by molar-refractivity contribution is 8.00. The minimum absolute atomic E-state index is 0.00153. The van der Waals surface area contributed by atoms with Gasteiger partial charge in [0.2, 0.25) is 0 Å². The maximum atomic E-state index is 12.3. The molecule has 0 aromatic carbocycles. The average molecular weight is 316 g/mol. The highest BCUT2D eigenvalue weighted by Gasteiger charge is 2.29. The second-order valence-electron chi connectivity index (χ2n) is 6.29. The van der Waals surface area contributed by atoms with Gasteiger partial charge < -0.3 is 15.3 Å². The normalized spacial score (nSPS) is 24.0. The number of carbonyl (C=O) groups excluding carboxylic acids is 1. The molecule has 3 atom stereocenters. The molecule has 122 valence electrons. The number of aliphatic carboxylic acids is 1. The number of amides is 2. The van der Waals surface area contributed by atoms with Crippen LogP contribution in [0.3, 0.4) is 0 Å². The number of carboxylic acid groups (broad SMARTS) is 1. The van der Waals surface area contributed by atoms with Crippen molar-refractivity contribution in [1.29, 1.82) is 0 Å². The van der Waals surface area contributed by atoms with Crippen LogP contribution in [0.2, 0.25) is 0 Å². The second kappa shape index (κ2) is 8.51. The van der Waals surface area contributed by atoms with Crippen molar-refractivity contribution in [2.24, 2.45) is 11.8 Å². The maximum Gasteiger partial charge on any atom is 0.317 e. The molecule has 1 heterocycles. The van der Waals surface area contributed by atoms with Crippen molar-refractivity contribution in [3.8, 4) is 0 Å². The highest BCUT2D eigenvalue weighted by Crippen LogP contribution is 2.24. The number of thioether (sulfide) groups is 1. The molecule has 0 radical (unpaired) electrons. The zero-order valence-corrected chi connectivity index (χ0v) is 14.3. The van der Waals surface area contributed by atoms with Crippen molar-refractivity contribution in [2.75, 3.05) is 18.8 Å². The highest BCUT2D eigenvalue weighted by atomic mass is 32.2. The smallest absolute Gasteiger partial charge is 0.317 e. The molecule has 1 aliphatic heterocycles. The standard InChI is InChI=1S/C15H28N2O3S/c1-10(2)7-13(8-14(18)19)9-16-15(20)17-5-6-21-12(4)11(17)3/h10-13H,5-9H2,1-4H3,(H,16,20)(H,18,19)/t11?,12?,13-/m0/s1.